The fourth-order valence-electron chi connectivity index (χ4n) is 12.1. The minimum atomic E-state index is -0.954. The molecule has 0 unspecified atom stereocenters. The summed E-state index contributed by atoms with van der Waals surface area (Å²) < 4.78 is 0. The molecule has 58 heavy (non-hydrogen) atoms. The molecule has 0 aromatic carbocycles. The topological polar surface area (TPSA) is 118 Å². The van der Waals surface area contributed by atoms with E-state index < -0.39 is 5.66 Å². The molecule has 4 fully saturated rings. The number of carbonyl (C=O) groups excluding carboxylic acids is 2. The number of primary amides is 2. The molecule has 338 valence electrons. The van der Waals surface area contributed by atoms with Crippen LogP contribution in [0.1, 0.15) is 230 Å². The zero-order chi connectivity index (χ0) is 42.8. The van der Waals surface area contributed by atoms with Crippen LogP contribution in [0.15, 0.2) is 0 Å². The van der Waals surface area contributed by atoms with Crippen LogP contribution in [-0.2, 0) is 19.3 Å². The first-order chi connectivity index (χ1) is 27.3. The van der Waals surface area contributed by atoms with Crippen LogP contribution in [-0.4, -0.2) is 96.9 Å². The van der Waals surface area contributed by atoms with Crippen molar-refractivity contribution in [3.8, 4) is 0 Å². The van der Waals surface area contributed by atoms with Gasteiger partial charge in [-0.05, 0) is 139 Å². The van der Waals surface area contributed by atoms with Crippen molar-refractivity contribution < 1.29 is 19.3 Å². The molecule has 2 heterocycles. The Labute approximate surface area is 356 Å². The van der Waals surface area contributed by atoms with Crippen molar-refractivity contribution in [3.05, 3.63) is 0 Å². The van der Waals surface area contributed by atoms with Gasteiger partial charge in [0.1, 0.15) is 0 Å². The molecular formula is C48H92N6O4. The molecule has 4 N–H and O–H groups in total. The maximum atomic E-state index is 15.1. The number of carbonyl (C=O) groups is 2. The van der Waals surface area contributed by atoms with Crippen LogP contribution >= 0.6 is 0 Å². The Morgan fingerprint density at radius 2 is 0.931 bits per heavy atom. The summed E-state index contributed by atoms with van der Waals surface area (Å²) in [5.74, 6) is -0.422. The van der Waals surface area contributed by atoms with E-state index >= 15 is 4.79 Å². The third-order valence-electron chi connectivity index (χ3n) is 14.4. The van der Waals surface area contributed by atoms with Gasteiger partial charge in [-0.1, -0.05) is 84.5 Å². The molecule has 0 radical (unpaired) electrons. The number of rotatable bonds is 23. The highest BCUT2D eigenvalue weighted by Gasteiger charge is 2.58. The van der Waals surface area contributed by atoms with E-state index in [4.69, 9.17) is 21.1 Å². The average molecular weight is 817 g/mol. The molecule has 10 nitrogen and oxygen atoms in total. The molecule has 2 amide bonds. The number of hydrogen-bond acceptors (Lipinski definition) is 8. The Hall–Kier alpha value is -1.30. The molecular weight excluding hydrogens is 725 g/mol. The third kappa shape index (κ3) is 12.6. The molecule has 10 heteroatoms. The summed E-state index contributed by atoms with van der Waals surface area (Å²) in [7, 11) is 0. The highest BCUT2D eigenvalue weighted by Crippen LogP contribution is 2.48. The average Bonchev–Trinajstić information content (AvgIpc) is 3.14. The predicted molar refractivity (Wildman–Crippen MR) is 239 cm³/mol. The quantitative estimate of drug-likeness (QED) is 0.0773. The molecule has 0 atom stereocenters. The number of hydroxylamine groups is 4. The van der Waals surface area contributed by atoms with Gasteiger partial charge in [0.25, 0.3) is 5.91 Å². The van der Waals surface area contributed by atoms with E-state index in [9.17, 15) is 4.79 Å². The summed E-state index contributed by atoms with van der Waals surface area (Å²) in [4.78, 5) is 45.9. The van der Waals surface area contributed by atoms with Gasteiger partial charge in [-0.25, -0.2) is 0 Å². The van der Waals surface area contributed by atoms with Crippen LogP contribution < -0.4 is 11.5 Å². The Kier molecular flexibility index (Phi) is 18.4. The van der Waals surface area contributed by atoms with Gasteiger partial charge in [0.15, 0.2) is 5.66 Å². The second kappa shape index (κ2) is 21.7. The molecule has 2 aliphatic carbocycles. The van der Waals surface area contributed by atoms with Crippen LogP contribution in [0.4, 0.5) is 0 Å². The lowest BCUT2D eigenvalue weighted by molar-refractivity contribution is -0.322. The van der Waals surface area contributed by atoms with E-state index in [1.165, 1.54) is 38.5 Å². The highest BCUT2D eigenvalue weighted by molar-refractivity contribution is 5.84. The summed E-state index contributed by atoms with van der Waals surface area (Å²) in [6, 6.07) is 0.288. The normalized spacial score (nSPS) is 24.1. The number of nitrogens with two attached hydrogens (primary N) is 2. The van der Waals surface area contributed by atoms with Gasteiger partial charge in [0.05, 0.1) is 12.2 Å². The van der Waals surface area contributed by atoms with Crippen LogP contribution in [0.5, 0.6) is 0 Å². The smallest absolute Gasteiger partial charge is 0.253 e. The van der Waals surface area contributed by atoms with Gasteiger partial charge in [0.2, 0.25) is 5.91 Å². The van der Waals surface area contributed by atoms with Gasteiger partial charge in [0, 0.05) is 53.7 Å². The summed E-state index contributed by atoms with van der Waals surface area (Å²) in [5, 5.41) is 4.73. The number of piperidine rings is 2. The molecule has 2 saturated carbocycles. The monoisotopic (exact) mass is 817 g/mol. The molecule has 0 bridgehead atoms. The fraction of sp³-hybridized carbons (Fsp3) is 0.958. The lowest BCUT2D eigenvalue weighted by Crippen LogP contribution is -2.76. The molecule has 4 aliphatic rings. The first kappa shape index (κ1) is 49.4. The summed E-state index contributed by atoms with van der Waals surface area (Å²) in [5.41, 5.74) is 10.6. The minimum absolute atomic E-state index is 0.144. The van der Waals surface area contributed by atoms with Crippen molar-refractivity contribution in [2.45, 2.75) is 282 Å². The first-order valence-corrected chi connectivity index (χ1v) is 24.4. The summed E-state index contributed by atoms with van der Waals surface area (Å²) >= 11 is 0. The Balaban J connectivity index is 1.77. The Morgan fingerprint density at radius 1 is 0.569 bits per heavy atom. The molecule has 0 spiro atoms. The van der Waals surface area contributed by atoms with E-state index in [0.29, 0.717) is 12.8 Å². The van der Waals surface area contributed by atoms with Gasteiger partial charge in [-0.15, -0.1) is 0 Å². The third-order valence-corrected chi connectivity index (χ3v) is 14.4. The maximum Gasteiger partial charge on any atom is 0.253 e. The standard InChI is InChI=1S/C48H92N6O4/c1-11-13-32-51(38-34-44(3,4)53(45(5,6)35-38)57-40-26-20-18-21-27-40)48(43(50)56,31-25-17-15-16-24-30-42(49)55)52(33-14-12-2)39-36-46(7,8)54(47(9,10)37-39)58-41-28-22-19-23-29-41/h38-41H,11-37H2,1-10H3,(H2,49,55)(H2,50,56). The van der Waals surface area contributed by atoms with Crippen molar-refractivity contribution in [2.24, 2.45) is 11.5 Å². The zero-order valence-electron chi connectivity index (χ0n) is 39.5. The minimum Gasteiger partial charge on any atom is -0.370 e. The van der Waals surface area contributed by atoms with Crippen LogP contribution in [0.25, 0.3) is 0 Å². The van der Waals surface area contributed by atoms with E-state index in [-0.39, 0.29) is 58.3 Å². The number of hydrogen-bond donors (Lipinski definition) is 2. The van der Waals surface area contributed by atoms with Crippen LogP contribution in [0, 0.1) is 0 Å². The fourth-order valence-corrected chi connectivity index (χ4v) is 12.1. The van der Waals surface area contributed by atoms with Crippen molar-refractivity contribution >= 4 is 11.8 Å². The first-order valence-electron chi connectivity index (χ1n) is 24.4. The number of nitrogens with zero attached hydrogens (tertiary/aromatic N) is 4. The van der Waals surface area contributed by atoms with Crippen LogP contribution in [0.2, 0.25) is 0 Å². The molecule has 2 aliphatic heterocycles. The van der Waals surface area contributed by atoms with Crippen molar-refractivity contribution in [2.75, 3.05) is 13.1 Å². The summed E-state index contributed by atoms with van der Waals surface area (Å²) in [6.45, 7) is 25.1. The maximum absolute atomic E-state index is 15.1. The van der Waals surface area contributed by atoms with Gasteiger partial charge in [-0.2, -0.15) is 10.1 Å². The summed E-state index contributed by atoms with van der Waals surface area (Å²) in [6.07, 6.45) is 26.2. The van der Waals surface area contributed by atoms with Gasteiger partial charge >= 0.3 is 0 Å². The number of amides is 2. The SMILES string of the molecule is CCCCN(C1CC(C)(C)N(OC2CCCCC2)C(C)(C)C1)C(CCCCCCCC(N)=O)(C(N)=O)N(CCCC)C1CC(C)(C)N(OC2CCCCC2)C(C)(C)C1. The number of unbranched alkanes of at least 4 members (excludes halogenated alkanes) is 6. The molecule has 0 aromatic rings. The Bertz CT molecular complexity index is 1150. The Morgan fingerprint density at radius 3 is 1.28 bits per heavy atom. The van der Waals surface area contributed by atoms with Crippen LogP contribution in [0.3, 0.4) is 0 Å². The van der Waals surface area contributed by atoms with Crippen molar-refractivity contribution in [1.82, 2.24) is 19.9 Å². The van der Waals surface area contributed by atoms with E-state index in [2.05, 4.69) is 89.2 Å². The van der Waals surface area contributed by atoms with Crippen molar-refractivity contribution in [1.29, 1.82) is 0 Å². The predicted octanol–water partition coefficient (Wildman–Crippen LogP) is 10.2. The second-order valence-corrected chi connectivity index (χ2v) is 21.7. The second-order valence-electron chi connectivity index (χ2n) is 21.7. The van der Waals surface area contributed by atoms with E-state index in [0.717, 1.165) is 122 Å². The molecule has 2 saturated heterocycles. The van der Waals surface area contributed by atoms with Gasteiger partial charge in [-0.3, -0.25) is 29.1 Å². The lowest BCUT2D eigenvalue weighted by atomic mass is 9.75. The van der Waals surface area contributed by atoms with E-state index in [1.54, 1.807) is 0 Å². The molecule has 0 aromatic heterocycles. The lowest BCUT2D eigenvalue weighted by Gasteiger charge is -2.63. The van der Waals surface area contributed by atoms with E-state index in [1.807, 2.05) is 0 Å². The van der Waals surface area contributed by atoms with Gasteiger partial charge < -0.3 is 11.5 Å². The highest BCUT2D eigenvalue weighted by atomic mass is 16.7. The van der Waals surface area contributed by atoms with Crippen molar-refractivity contribution in [3.63, 3.8) is 0 Å². The molecule has 4 rings (SSSR count). The largest absolute Gasteiger partial charge is 0.370 e. The zero-order valence-corrected chi connectivity index (χ0v) is 39.5.